The van der Waals surface area contributed by atoms with Crippen LogP contribution < -0.4 is 5.32 Å². The van der Waals surface area contributed by atoms with Crippen LogP contribution in [0, 0.1) is 0 Å². The molecule has 0 spiro atoms. The van der Waals surface area contributed by atoms with E-state index < -0.39 is 11.9 Å². The summed E-state index contributed by atoms with van der Waals surface area (Å²) in [6.07, 6.45) is 2.44. The first kappa shape index (κ1) is 14.3. The van der Waals surface area contributed by atoms with Crippen molar-refractivity contribution in [3.63, 3.8) is 0 Å². The number of aromatic nitrogens is 1. The molecule has 2 aromatic rings. The normalized spacial score (nSPS) is 10.1. The summed E-state index contributed by atoms with van der Waals surface area (Å²) in [6.45, 7) is 0. The molecule has 2 rings (SSSR count). The Kier molecular flexibility index (Phi) is 4.22. The van der Waals surface area contributed by atoms with E-state index in [0.29, 0.717) is 5.69 Å². The highest BCUT2D eigenvalue weighted by atomic mass is 35.5. The number of carbonyl (C=O) groups is 2. The van der Waals surface area contributed by atoms with Gasteiger partial charge in [-0.05, 0) is 18.2 Å². The molecule has 0 aliphatic rings. The minimum atomic E-state index is -1.24. The monoisotopic (exact) mass is 310 g/mol. The SMILES string of the molecule is O=C(O)c1cnccc1C(=O)Nc1cccc(Cl)c1Cl. The van der Waals surface area contributed by atoms with Crippen LogP contribution in [-0.2, 0) is 0 Å². The topological polar surface area (TPSA) is 79.3 Å². The Morgan fingerprint density at radius 1 is 1.15 bits per heavy atom. The summed E-state index contributed by atoms with van der Waals surface area (Å²) in [4.78, 5) is 26.8. The second-order valence-electron chi connectivity index (χ2n) is 3.78. The van der Waals surface area contributed by atoms with Crippen molar-refractivity contribution in [2.24, 2.45) is 0 Å². The van der Waals surface area contributed by atoms with Gasteiger partial charge in [-0.3, -0.25) is 9.78 Å². The average Bonchev–Trinajstić information content (AvgIpc) is 2.43. The van der Waals surface area contributed by atoms with E-state index in [4.69, 9.17) is 28.3 Å². The van der Waals surface area contributed by atoms with Gasteiger partial charge in [0.05, 0.1) is 26.9 Å². The lowest BCUT2D eigenvalue weighted by molar-refractivity contribution is 0.0692. The van der Waals surface area contributed by atoms with Crippen molar-refractivity contribution in [1.82, 2.24) is 4.98 Å². The molecule has 5 nitrogen and oxygen atoms in total. The van der Waals surface area contributed by atoms with Crippen molar-refractivity contribution in [2.75, 3.05) is 5.32 Å². The molecule has 1 amide bonds. The van der Waals surface area contributed by atoms with Gasteiger partial charge in [0.25, 0.3) is 5.91 Å². The minimum Gasteiger partial charge on any atom is -0.478 e. The van der Waals surface area contributed by atoms with Crippen LogP contribution in [0.1, 0.15) is 20.7 Å². The Labute approximate surface area is 124 Å². The molecule has 0 aliphatic heterocycles. The molecule has 102 valence electrons. The van der Waals surface area contributed by atoms with Crippen LogP contribution in [0.25, 0.3) is 0 Å². The Hall–Kier alpha value is -2.11. The number of pyridine rings is 1. The lowest BCUT2D eigenvalue weighted by Crippen LogP contribution is -2.16. The molecular formula is C13H8Cl2N2O3. The molecule has 20 heavy (non-hydrogen) atoms. The Bertz CT molecular complexity index is 689. The lowest BCUT2D eigenvalue weighted by Gasteiger charge is -2.09. The highest BCUT2D eigenvalue weighted by Gasteiger charge is 2.17. The summed E-state index contributed by atoms with van der Waals surface area (Å²) >= 11 is 11.8. The third-order valence-electron chi connectivity index (χ3n) is 2.50. The zero-order valence-corrected chi connectivity index (χ0v) is 11.4. The first-order valence-electron chi connectivity index (χ1n) is 5.43. The molecule has 0 fully saturated rings. The van der Waals surface area contributed by atoms with Crippen molar-refractivity contribution < 1.29 is 14.7 Å². The number of hydrogen-bond acceptors (Lipinski definition) is 3. The van der Waals surface area contributed by atoms with Crippen LogP contribution in [-0.4, -0.2) is 22.0 Å². The van der Waals surface area contributed by atoms with Crippen molar-refractivity contribution in [1.29, 1.82) is 0 Å². The van der Waals surface area contributed by atoms with E-state index in [9.17, 15) is 9.59 Å². The van der Waals surface area contributed by atoms with Gasteiger partial charge in [-0.15, -0.1) is 0 Å². The Morgan fingerprint density at radius 2 is 1.90 bits per heavy atom. The van der Waals surface area contributed by atoms with Gasteiger partial charge in [0.15, 0.2) is 0 Å². The zero-order chi connectivity index (χ0) is 14.7. The fraction of sp³-hybridized carbons (Fsp3) is 0. The summed E-state index contributed by atoms with van der Waals surface area (Å²) in [5, 5.41) is 12.0. The number of carboxylic acid groups (broad SMARTS) is 1. The van der Waals surface area contributed by atoms with E-state index in [0.717, 1.165) is 6.20 Å². The number of hydrogen-bond donors (Lipinski definition) is 2. The van der Waals surface area contributed by atoms with Crippen LogP contribution in [0.2, 0.25) is 10.0 Å². The number of amides is 1. The van der Waals surface area contributed by atoms with Gasteiger partial charge in [0, 0.05) is 12.4 Å². The smallest absolute Gasteiger partial charge is 0.338 e. The van der Waals surface area contributed by atoms with Crippen LogP contribution in [0.15, 0.2) is 36.7 Å². The molecule has 0 radical (unpaired) electrons. The molecule has 7 heteroatoms. The number of carboxylic acids is 1. The largest absolute Gasteiger partial charge is 0.478 e. The fourth-order valence-corrected chi connectivity index (χ4v) is 1.90. The number of aromatic carboxylic acids is 1. The molecule has 1 aromatic carbocycles. The number of halogens is 2. The van der Waals surface area contributed by atoms with E-state index in [2.05, 4.69) is 10.3 Å². The third kappa shape index (κ3) is 2.89. The molecule has 2 N–H and O–H groups in total. The lowest BCUT2D eigenvalue weighted by atomic mass is 10.1. The second kappa shape index (κ2) is 5.90. The van der Waals surface area contributed by atoms with Gasteiger partial charge in [-0.25, -0.2) is 4.79 Å². The molecule has 0 bridgehead atoms. The molecule has 0 saturated heterocycles. The minimum absolute atomic E-state index is 0.0106. The van der Waals surface area contributed by atoms with Gasteiger partial charge in [-0.1, -0.05) is 29.3 Å². The maximum absolute atomic E-state index is 12.1. The number of rotatable bonds is 3. The molecule has 1 heterocycles. The van der Waals surface area contributed by atoms with Crippen LogP contribution in [0.5, 0.6) is 0 Å². The second-order valence-corrected chi connectivity index (χ2v) is 4.57. The van der Waals surface area contributed by atoms with Gasteiger partial charge >= 0.3 is 5.97 Å². The highest BCUT2D eigenvalue weighted by molar-refractivity contribution is 6.44. The molecule has 0 unspecified atom stereocenters. The number of anilines is 1. The summed E-state index contributed by atoms with van der Waals surface area (Å²) in [6, 6.07) is 6.08. The van der Waals surface area contributed by atoms with Gasteiger partial charge < -0.3 is 10.4 Å². The van der Waals surface area contributed by atoms with E-state index in [-0.39, 0.29) is 21.2 Å². The molecular weight excluding hydrogens is 303 g/mol. The van der Waals surface area contributed by atoms with E-state index in [1.807, 2.05) is 0 Å². The molecule has 1 aromatic heterocycles. The fourth-order valence-electron chi connectivity index (χ4n) is 1.55. The van der Waals surface area contributed by atoms with Crippen molar-refractivity contribution in [3.05, 3.63) is 57.8 Å². The predicted molar refractivity (Wildman–Crippen MR) is 75.6 cm³/mol. The van der Waals surface area contributed by atoms with E-state index in [1.54, 1.807) is 18.2 Å². The van der Waals surface area contributed by atoms with E-state index >= 15 is 0 Å². The molecule has 0 aliphatic carbocycles. The summed E-state index contributed by atoms with van der Waals surface area (Å²) in [7, 11) is 0. The molecule has 0 saturated carbocycles. The third-order valence-corrected chi connectivity index (χ3v) is 3.31. The quantitative estimate of drug-likeness (QED) is 0.911. The summed E-state index contributed by atoms with van der Waals surface area (Å²) < 4.78 is 0. The summed E-state index contributed by atoms with van der Waals surface area (Å²) in [5.74, 6) is -1.84. The van der Waals surface area contributed by atoms with Crippen LogP contribution >= 0.6 is 23.2 Å². The highest BCUT2D eigenvalue weighted by Crippen LogP contribution is 2.29. The van der Waals surface area contributed by atoms with Crippen molar-refractivity contribution >= 4 is 40.8 Å². The Morgan fingerprint density at radius 3 is 2.60 bits per heavy atom. The van der Waals surface area contributed by atoms with Gasteiger partial charge in [0.2, 0.25) is 0 Å². The van der Waals surface area contributed by atoms with Gasteiger partial charge in [-0.2, -0.15) is 0 Å². The number of benzene rings is 1. The molecule has 0 atom stereocenters. The number of carbonyl (C=O) groups excluding carboxylic acids is 1. The van der Waals surface area contributed by atoms with Crippen molar-refractivity contribution in [3.8, 4) is 0 Å². The van der Waals surface area contributed by atoms with Crippen LogP contribution in [0.4, 0.5) is 5.69 Å². The Balaban J connectivity index is 2.34. The van der Waals surface area contributed by atoms with E-state index in [1.165, 1.54) is 12.3 Å². The average molecular weight is 311 g/mol. The maximum atomic E-state index is 12.1. The summed E-state index contributed by atoms with van der Waals surface area (Å²) in [5.41, 5.74) is 0.101. The van der Waals surface area contributed by atoms with Crippen LogP contribution in [0.3, 0.4) is 0 Å². The van der Waals surface area contributed by atoms with Gasteiger partial charge in [0.1, 0.15) is 0 Å². The zero-order valence-electron chi connectivity index (χ0n) is 9.93. The number of nitrogens with zero attached hydrogens (tertiary/aromatic N) is 1. The maximum Gasteiger partial charge on any atom is 0.338 e. The predicted octanol–water partition coefficient (Wildman–Crippen LogP) is 3.34. The first-order valence-corrected chi connectivity index (χ1v) is 6.19. The first-order chi connectivity index (χ1) is 9.50. The van der Waals surface area contributed by atoms with Crippen molar-refractivity contribution in [2.45, 2.75) is 0 Å². The number of nitrogens with one attached hydrogen (secondary N) is 1. The standard InChI is InChI=1S/C13H8Cl2N2O3/c14-9-2-1-3-10(11(9)15)17-12(18)7-4-5-16-6-8(7)13(19)20/h1-6H,(H,17,18)(H,19,20).